The highest BCUT2D eigenvalue weighted by atomic mass is 32.1. The van der Waals surface area contributed by atoms with E-state index in [-0.39, 0.29) is 0 Å². The minimum atomic E-state index is 0.880. The lowest BCUT2D eigenvalue weighted by atomic mass is 10.0. The Bertz CT molecular complexity index is 2010. The molecule has 0 aliphatic heterocycles. The van der Waals surface area contributed by atoms with E-state index in [2.05, 4.69) is 114 Å². The molecule has 0 atom stereocenters. The van der Waals surface area contributed by atoms with Gasteiger partial charge in [-0.1, -0.05) is 78.9 Å². The summed E-state index contributed by atoms with van der Waals surface area (Å²) in [6, 6.07) is 44.6. The normalized spacial score (nSPS) is 11.6. The molecule has 5 aromatic carbocycles. The Morgan fingerprint density at radius 2 is 1.21 bits per heavy atom. The number of thiophene rings is 1. The molecule has 0 saturated heterocycles. The molecule has 0 spiro atoms. The number of benzene rings is 5. The zero-order valence-corrected chi connectivity index (χ0v) is 21.7. The first-order valence-electron chi connectivity index (χ1n) is 13.0. The molecule has 0 aliphatic carbocycles. The van der Waals surface area contributed by atoms with Crippen LogP contribution in [0.1, 0.15) is 0 Å². The molecule has 3 aromatic heterocycles. The Balaban J connectivity index is 1.33. The number of pyridine rings is 1. The van der Waals surface area contributed by atoms with Gasteiger partial charge >= 0.3 is 0 Å². The summed E-state index contributed by atoms with van der Waals surface area (Å²) in [6.07, 6.45) is 2.01. The number of rotatable bonds is 4. The monoisotopic (exact) mass is 518 g/mol. The summed E-state index contributed by atoms with van der Waals surface area (Å²) in [5, 5.41) is 4.69. The minimum Gasteiger partial charge on any atom is -0.456 e. The van der Waals surface area contributed by atoms with Crippen LogP contribution in [0.2, 0.25) is 0 Å². The van der Waals surface area contributed by atoms with Crippen LogP contribution < -0.4 is 4.90 Å². The molecular weight excluding hydrogens is 496 g/mol. The lowest BCUT2D eigenvalue weighted by Crippen LogP contribution is -2.11. The number of anilines is 3. The van der Waals surface area contributed by atoms with E-state index in [0.29, 0.717) is 0 Å². The van der Waals surface area contributed by atoms with Crippen LogP contribution in [-0.2, 0) is 0 Å². The van der Waals surface area contributed by atoms with Gasteiger partial charge in [0.1, 0.15) is 17.0 Å². The summed E-state index contributed by atoms with van der Waals surface area (Å²) in [7, 11) is 0. The van der Waals surface area contributed by atoms with Gasteiger partial charge in [-0.2, -0.15) is 0 Å². The van der Waals surface area contributed by atoms with E-state index in [1.54, 1.807) is 11.3 Å². The van der Waals surface area contributed by atoms with Crippen molar-refractivity contribution in [1.82, 2.24) is 4.98 Å². The van der Waals surface area contributed by atoms with Gasteiger partial charge in [0.25, 0.3) is 0 Å². The predicted molar refractivity (Wildman–Crippen MR) is 165 cm³/mol. The van der Waals surface area contributed by atoms with Gasteiger partial charge in [-0.3, -0.25) is 4.90 Å². The molecule has 0 bridgehead atoms. The Labute approximate surface area is 229 Å². The lowest BCUT2D eigenvalue weighted by molar-refractivity contribution is 0.669. The number of nitrogens with zero attached hydrogens (tertiary/aromatic N) is 2. The lowest BCUT2D eigenvalue weighted by Gasteiger charge is -2.24. The molecule has 0 unspecified atom stereocenters. The molecule has 8 aromatic rings. The molecule has 184 valence electrons. The van der Waals surface area contributed by atoms with Gasteiger partial charge < -0.3 is 4.42 Å². The van der Waals surface area contributed by atoms with Crippen molar-refractivity contribution in [2.24, 2.45) is 0 Å². The van der Waals surface area contributed by atoms with Gasteiger partial charge in [0.15, 0.2) is 0 Å². The highest BCUT2D eigenvalue weighted by Crippen LogP contribution is 2.41. The number of para-hydroxylation sites is 1. The summed E-state index contributed by atoms with van der Waals surface area (Å²) in [5.74, 6) is 0.880. The summed E-state index contributed by atoms with van der Waals surface area (Å²) >= 11 is 1.78. The third-order valence-electron chi connectivity index (χ3n) is 7.33. The van der Waals surface area contributed by atoms with Gasteiger partial charge in [0, 0.05) is 43.8 Å². The van der Waals surface area contributed by atoms with Crippen LogP contribution in [0, 0.1) is 0 Å². The summed E-state index contributed by atoms with van der Waals surface area (Å²) in [6.45, 7) is 0. The molecule has 0 fully saturated rings. The maximum Gasteiger partial charge on any atom is 0.138 e. The standard InChI is InChI=1S/C35H22N2OS/c1-2-8-23(9-3-1)24-14-16-25(17-15-24)37(26-18-19-32-29(20-26)27-10-4-6-12-31(27)38-32)35-21-30-28-11-5-7-13-33(28)39-34(30)22-36-35/h1-22H. The fraction of sp³-hybridized carbons (Fsp3) is 0. The largest absolute Gasteiger partial charge is 0.456 e. The van der Waals surface area contributed by atoms with Crippen molar-refractivity contribution >= 4 is 70.6 Å². The van der Waals surface area contributed by atoms with Gasteiger partial charge in [-0.15, -0.1) is 11.3 Å². The second kappa shape index (κ2) is 8.83. The van der Waals surface area contributed by atoms with E-state index in [1.807, 2.05) is 24.4 Å². The van der Waals surface area contributed by atoms with Crippen molar-refractivity contribution in [3.8, 4) is 11.1 Å². The van der Waals surface area contributed by atoms with Gasteiger partial charge in [0.2, 0.25) is 0 Å². The first-order chi connectivity index (χ1) is 19.3. The number of hydrogen-bond donors (Lipinski definition) is 0. The molecule has 0 N–H and O–H groups in total. The molecule has 0 amide bonds. The average Bonchev–Trinajstić information content (AvgIpc) is 3.56. The SMILES string of the molecule is c1ccc(-c2ccc(N(c3ccc4oc5ccccc5c4c3)c3cc4c(cn3)sc3ccccc34)cc2)cc1. The number of fused-ring (bicyclic) bond motifs is 6. The van der Waals surface area contributed by atoms with Gasteiger partial charge in [-0.05, 0) is 59.7 Å². The molecule has 3 nitrogen and oxygen atoms in total. The zero-order valence-electron chi connectivity index (χ0n) is 20.9. The van der Waals surface area contributed by atoms with Crippen LogP contribution in [-0.4, -0.2) is 4.98 Å². The van der Waals surface area contributed by atoms with E-state index < -0.39 is 0 Å². The average molecular weight is 519 g/mol. The fourth-order valence-corrected chi connectivity index (χ4v) is 6.50. The molecule has 4 heteroatoms. The van der Waals surface area contributed by atoms with Crippen LogP contribution in [0.3, 0.4) is 0 Å². The quantitative estimate of drug-likeness (QED) is 0.232. The van der Waals surface area contributed by atoms with Gasteiger partial charge in [0.05, 0.1) is 4.70 Å². The summed E-state index contributed by atoms with van der Waals surface area (Å²) < 4.78 is 8.59. The van der Waals surface area contributed by atoms with Crippen LogP contribution in [0.5, 0.6) is 0 Å². The maximum atomic E-state index is 6.13. The summed E-state index contributed by atoms with van der Waals surface area (Å²) in [4.78, 5) is 7.22. The van der Waals surface area contributed by atoms with E-state index in [4.69, 9.17) is 9.40 Å². The van der Waals surface area contributed by atoms with Crippen LogP contribution in [0.15, 0.2) is 138 Å². The second-order valence-electron chi connectivity index (χ2n) is 9.66. The van der Waals surface area contributed by atoms with Crippen LogP contribution in [0.4, 0.5) is 17.2 Å². The van der Waals surface area contributed by atoms with Crippen molar-refractivity contribution in [3.05, 3.63) is 134 Å². The highest BCUT2D eigenvalue weighted by Gasteiger charge is 2.18. The Kier molecular flexibility index (Phi) is 5.00. The molecular formula is C35H22N2OS. The third kappa shape index (κ3) is 3.69. The Morgan fingerprint density at radius 3 is 2.08 bits per heavy atom. The Hall–Kier alpha value is -4.93. The van der Waals surface area contributed by atoms with Crippen molar-refractivity contribution in [1.29, 1.82) is 0 Å². The Morgan fingerprint density at radius 1 is 0.513 bits per heavy atom. The van der Waals surface area contributed by atoms with Crippen molar-refractivity contribution in [3.63, 3.8) is 0 Å². The van der Waals surface area contributed by atoms with Crippen LogP contribution >= 0.6 is 11.3 Å². The van der Waals surface area contributed by atoms with E-state index in [0.717, 1.165) is 39.1 Å². The molecule has 0 radical (unpaired) electrons. The van der Waals surface area contributed by atoms with Crippen molar-refractivity contribution in [2.45, 2.75) is 0 Å². The minimum absolute atomic E-state index is 0.880. The molecule has 0 saturated carbocycles. The zero-order chi connectivity index (χ0) is 25.8. The topological polar surface area (TPSA) is 29.3 Å². The van der Waals surface area contributed by atoms with Gasteiger partial charge in [-0.25, -0.2) is 4.98 Å². The summed E-state index contributed by atoms with van der Waals surface area (Å²) in [5.41, 5.74) is 6.24. The first kappa shape index (κ1) is 22.1. The van der Waals surface area contributed by atoms with E-state index in [9.17, 15) is 0 Å². The molecule has 0 aliphatic rings. The predicted octanol–water partition coefficient (Wildman–Crippen LogP) is 10.5. The van der Waals surface area contributed by atoms with E-state index in [1.165, 1.54) is 31.3 Å². The maximum absolute atomic E-state index is 6.13. The van der Waals surface area contributed by atoms with E-state index >= 15 is 0 Å². The number of hydrogen-bond acceptors (Lipinski definition) is 4. The first-order valence-corrected chi connectivity index (χ1v) is 13.8. The smallest absolute Gasteiger partial charge is 0.138 e. The van der Waals surface area contributed by atoms with Crippen molar-refractivity contribution in [2.75, 3.05) is 4.90 Å². The van der Waals surface area contributed by atoms with Crippen LogP contribution in [0.25, 0.3) is 53.2 Å². The van der Waals surface area contributed by atoms with Crippen molar-refractivity contribution < 1.29 is 4.42 Å². The number of furan rings is 1. The fourth-order valence-electron chi connectivity index (χ4n) is 5.44. The third-order valence-corrected chi connectivity index (χ3v) is 8.45. The molecule has 39 heavy (non-hydrogen) atoms. The number of aromatic nitrogens is 1. The highest BCUT2D eigenvalue weighted by molar-refractivity contribution is 7.25. The molecule has 3 heterocycles. The second-order valence-corrected chi connectivity index (χ2v) is 10.7. The molecule has 8 rings (SSSR count).